The van der Waals surface area contributed by atoms with E-state index in [-0.39, 0.29) is 0 Å². The number of hydrogen-bond donors (Lipinski definition) is 0. The molecule has 0 heterocycles. The Hall–Kier alpha value is -2.00. The number of hydrogen-bond acceptors (Lipinski definition) is 0. The van der Waals surface area contributed by atoms with E-state index >= 15 is 0 Å². The second kappa shape index (κ2) is 9.43. The molecule has 0 aromatic heterocycles. The van der Waals surface area contributed by atoms with Gasteiger partial charge in [-0.3, -0.25) is 0 Å². The average molecular weight is 512 g/mol. The van der Waals surface area contributed by atoms with Crippen LogP contribution in [0.25, 0.3) is 0 Å². The summed E-state index contributed by atoms with van der Waals surface area (Å²) in [5.41, 5.74) is 0. The van der Waals surface area contributed by atoms with Crippen molar-refractivity contribution >= 4 is 46.7 Å². The van der Waals surface area contributed by atoms with Gasteiger partial charge < -0.3 is 0 Å². The van der Waals surface area contributed by atoms with Gasteiger partial charge in [-0.05, 0) is 0 Å². The van der Waals surface area contributed by atoms with Crippen molar-refractivity contribution in [3.8, 4) is 0 Å². The Morgan fingerprint density at radius 1 is 0.367 bits per heavy atom. The molecule has 0 aliphatic heterocycles. The molecule has 1 saturated carbocycles. The zero-order valence-corrected chi connectivity index (χ0v) is 20.8. The average Bonchev–Trinajstić information content (AvgIpc) is 2.82. The topological polar surface area (TPSA) is 0 Å². The zero-order chi connectivity index (χ0) is 20.2. The van der Waals surface area contributed by atoms with Gasteiger partial charge in [0.25, 0.3) is 0 Å². The summed E-state index contributed by atoms with van der Waals surface area (Å²) in [7, 11) is 0. The molecule has 1 fully saturated rings. The predicted octanol–water partition coefficient (Wildman–Crippen LogP) is 4.14. The standard InChI is InChI=1S/C28H26As2/c1-5-13-23(14-6-1)29(24-15-7-2-8-16-24)27-21-22-28(27)30(25-17-9-3-10-18-25)26-19-11-4-12-20-26/h1-20,27-28H,21-22H2. The Balaban J connectivity index is 1.56. The zero-order valence-electron chi connectivity index (χ0n) is 17.0. The van der Waals surface area contributed by atoms with Crippen LogP contribution in [0.5, 0.6) is 0 Å². The minimum atomic E-state index is -1.37. The van der Waals surface area contributed by atoms with Crippen LogP contribution in [0, 0.1) is 0 Å². The number of benzene rings is 4. The van der Waals surface area contributed by atoms with Crippen LogP contribution in [0.4, 0.5) is 0 Å². The molecule has 1 aliphatic carbocycles. The molecule has 1 aliphatic rings. The normalized spacial score (nSPS) is 18.3. The van der Waals surface area contributed by atoms with Crippen molar-refractivity contribution in [3.63, 3.8) is 0 Å². The summed E-state index contributed by atoms with van der Waals surface area (Å²) in [5, 5.41) is 0. The van der Waals surface area contributed by atoms with Gasteiger partial charge in [0, 0.05) is 0 Å². The van der Waals surface area contributed by atoms with Crippen molar-refractivity contribution in [1.29, 1.82) is 0 Å². The van der Waals surface area contributed by atoms with Crippen molar-refractivity contribution in [2.24, 2.45) is 0 Å². The molecule has 0 radical (unpaired) electrons. The molecule has 5 rings (SSSR count). The Kier molecular flexibility index (Phi) is 6.26. The first-order valence-corrected chi connectivity index (χ1v) is 16.6. The van der Waals surface area contributed by atoms with E-state index in [1.807, 2.05) is 0 Å². The van der Waals surface area contributed by atoms with Gasteiger partial charge in [0.05, 0.1) is 0 Å². The van der Waals surface area contributed by atoms with Crippen LogP contribution in [-0.2, 0) is 0 Å². The van der Waals surface area contributed by atoms with E-state index in [1.54, 1.807) is 17.4 Å². The molecule has 2 heteroatoms. The minimum absolute atomic E-state index is 0.850. The molecule has 2 unspecified atom stereocenters. The van der Waals surface area contributed by atoms with E-state index in [2.05, 4.69) is 121 Å². The molecule has 148 valence electrons. The first-order chi connectivity index (χ1) is 14.9. The molecular formula is C28H26As2. The second-order valence-electron chi connectivity index (χ2n) is 7.79. The van der Waals surface area contributed by atoms with Crippen molar-refractivity contribution in [2.45, 2.75) is 22.3 Å². The summed E-state index contributed by atoms with van der Waals surface area (Å²) in [4.78, 5) is 0. The maximum absolute atomic E-state index is 2.39. The summed E-state index contributed by atoms with van der Waals surface area (Å²) in [6.07, 6.45) is 2.78. The van der Waals surface area contributed by atoms with Crippen LogP contribution in [0.2, 0.25) is 9.41 Å². The summed E-state index contributed by atoms with van der Waals surface area (Å²) in [5.74, 6) is 0. The van der Waals surface area contributed by atoms with E-state index in [0.29, 0.717) is 0 Å². The van der Waals surface area contributed by atoms with Gasteiger partial charge in [-0.2, -0.15) is 0 Å². The van der Waals surface area contributed by atoms with Crippen LogP contribution < -0.4 is 17.4 Å². The SMILES string of the molecule is c1ccc([As](c2ccccc2)C2CCC2[As](c2ccccc2)c2ccccc2)cc1. The van der Waals surface area contributed by atoms with Crippen LogP contribution in [-0.4, -0.2) is 29.3 Å². The van der Waals surface area contributed by atoms with Gasteiger partial charge >= 0.3 is 190 Å². The molecule has 30 heavy (non-hydrogen) atoms. The van der Waals surface area contributed by atoms with E-state index in [1.165, 1.54) is 12.8 Å². The predicted molar refractivity (Wildman–Crippen MR) is 133 cm³/mol. The summed E-state index contributed by atoms with van der Waals surface area (Å²) in [6, 6.07) is 45.7. The molecule has 4 aromatic carbocycles. The van der Waals surface area contributed by atoms with Gasteiger partial charge in [0.1, 0.15) is 0 Å². The van der Waals surface area contributed by atoms with E-state index < -0.39 is 29.3 Å². The summed E-state index contributed by atoms with van der Waals surface area (Å²) >= 11 is -2.74. The third-order valence-electron chi connectivity index (χ3n) is 6.00. The van der Waals surface area contributed by atoms with Crippen LogP contribution in [0.15, 0.2) is 121 Å². The van der Waals surface area contributed by atoms with Crippen LogP contribution in [0.3, 0.4) is 0 Å². The van der Waals surface area contributed by atoms with Crippen LogP contribution >= 0.6 is 0 Å². The first kappa shape index (κ1) is 19.9. The van der Waals surface area contributed by atoms with Gasteiger partial charge in [0.15, 0.2) is 0 Å². The summed E-state index contributed by atoms with van der Waals surface area (Å²) < 4.78 is 8.15. The molecule has 2 atom stereocenters. The molecule has 0 bridgehead atoms. The molecule has 0 amide bonds. The Morgan fingerprint density at radius 3 is 0.800 bits per heavy atom. The Bertz CT molecular complexity index is 881. The Morgan fingerprint density at radius 2 is 0.600 bits per heavy atom. The fraction of sp³-hybridized carbons (Fsp3) is 0.143. The monoisotopic (exact) mass is 512 g/mol. The quantitative estimate of drug-likeness (QED) is 0.341. The fourth-order valence-corrected chi connectivity index (χ4v) is 19.8. The maximum atomic E-state index is 2.39. The Labute approximate surface area is 189 Å². The third-order valence-corrected chi connectivity index (χ3v) is 19.7. The van der Waals surface area contributed by atoms with Crippen molar-refractivity contribution in [1.82, 2.24) is 0 Å². The van der Waals surface area contributed by atoms with Crippen molar-refractivity contribution < 1.29 is 0 Å². The van der Waals surface area contributed by atoms with E-state index in [4.69, 9.17) is 0 Å². The second-order valence-corrected chi connectivity index (χ2v) is 18.0. The van der Waals surface area contributed by atoms with Crippen LogP contribution in [0.1, 0.15) is 12.8 Å². The molecular weight excluding hydrogens is 486 g/mol. The molecule has 4 aromatic rings. The third kappa shape index (κ3) is 4.09. The number of rotatable bonds is 6. The van der Waals surface area contributed by atoms with Gasteiger partial charge in [-0.25, -0.2) is 0 Å². The van der Waals surface area contributed by atoms with E-state index in [0.717, 1.165) is 9.41 Å². The van der Waals surface area contributed by atoms with Crippen molar-refractivity contribution in [3.05, 3.63) is 121 Å². The van der Waals surface area contributed by atoms with Gasteiger partial charge in [-0.1, -0.05) is 0 Å². The van der Waals surface area contributed by atoms with Gasteiger partial charge in [0.2, 0.25) is 0 Å². The van der Waals surface area contributed by atoms with Gasteiger partial charge in [-0.15, -0.1) is 0 Å². The molecule has 0 nitrogen and oxygen atoms in total. The van der Waals surface area contributed by atoms with Crippen molar-refractivity contribution in [2.75, 3.05) is 0 Å². The summed E-state index contributed by atoms with van der Waals surface area (Å²) in [6.45, 7) is 0. The molecule has 0 spiro atoms. The van der Waals surface area contributed by atoms with E-state index in [9.17, 15) is 0 Å². The fourth-order valence-electron chi connectivity index (χ4n) is 4.49. The molecule has 0 N–H and O–H groups in total. The molecule has 0 saturated heterocycles. The first-order valence-electron chi connectivity index (χ1n) is 10.7.